The average molecular weight is 349 g/mol. The summed E-state index contributed by atoms with van der Waals surface area (Å²) >= 11 is 2.97. The molecule has 0 aromatic heterocycles. The molecule has 1 aliphatic rings. The molecule has 1 amide bonds. The molecule has 3 aromatic rings. The molecule has 0 spiro atoms. The molecule has 0 N–H and O–H groups in total. The average Bonchev–Trinajstić information content (AvgIpc) is 2.61. The van der Waals surface area contributed by atoms with Crippen LogP contribution < -0.4 is 4.90 Å². The van der Waals surface area contributed by atoms with E-state index in [4.69, 9.17) is 0 Å². The number of amides is 1. The first-order valence-corrected chi connectivity index (χ1v) is 9.30. The second kappa shape index (κ2) is 6.38. The maximum absolute atomic E-state index is 13.1. The third-order valence-corrected chi connectivity index (χ3v) is 5.84. The van der Waals surface area contributed by atoms with Gasteiger partial charge in [-0.1, -0.05) is 53.7 Å². The Labute approximate surface area is 149 Å². The van der Waals surface area contributed by atoms with Crippen molar-refractivity contribution in [1.29, 1.82) is 0 Å². The van der Waals surface area contributed by atoms with Gasteiger partial charge in [0.25, 0.3) is 5.24 Å². The number of aryl methyl sites for hydroxylation is 1. The van der Waals surface area contributed by atoms with Crippen molar-refractivity contribution in [3.05, 3.63) is 78.4 Å². The van der Waals surface area contributed by atoms with E-state index in [1.807, 2.05) is 72.5 Å². The van der Waals surface area contributed by atoms with E-state index in [0.29, 0.717) is 0 Å². The molecular formula is C20H15NOS2. The van der Waals surface area contributed by atoms with Gasteiger partial charge in [-0.05, 0) is 55.1 Å². The van der Waals surface area contributed by atoms with Crippen molar-refractivity contribution >= 4 is 40.1 Å². The van der Waals surface area contributed by atoms with E-state index in [2.05, 4.69) is 12.1 Å². The lowest BCUT2D eigenvalue weighted by molar-refractivity contribution is 0.266. The fraction of sp³-hybridized carbons (Fsp3) is 0.0500. The number of para-hydroxylation sites is 2. The van der Waals surface area contributed by atoms with Crippen LogP contribution in [0.3, 0.4) is 0 Å². The zero-order valence-electron chi connectivity index (χ0n) is 13.1. The number of fused-ring (bicyclic) bond motifs is 2. The minimum Gasteiger partial charge on any atom is -0.269 e. The molecule has 3 aromatic carbocycles. The summed E-state index contributed by atoms with van der Waals surface area (Å²) in [6.45, 7) is 2.05. The van der Waals surface area contributed by atoms with Crippen molar-refractivity contribution < 1.29 is 4.79 Å². The number of hydrogen-bond acceptors (Lipinski definition) is 3. The molecule has 0 atom stereocenters. The van der Waals surface area contributed by atoms with E-state index in [0.717, 1.165) is 26.1 Å². The normalized spacial score (nSPS) is 12.5. The number of anilines is 2. The topological polar surface area (TPSA) is 20.3 Å². The molecule has 118 valence electrons. The predicted octanol–water partition coefficient (Wildman–Crippen LogP) is 6.51. The van der Waals surface area contributed by atoms with Crippen LogP contribution in [0.1, 0.15) is 5.56 Å². The van der Waals surface area contributed by atoms with Crippen LogP contribution in [0.25, 0.3) is 0 Å². The Morgan fingerprint density at radius 1 is 0.833 bits per heavy atom. The molecule has 4 heteroatoms. The van der Waals surface area contributed by atoms with Crippen LogP contribution in [0.2, 0.25) is 0 Å². The number of carbonyl (C=O) groups excluding carboxylic acids is 1. The first-order valence-electron chi connectivity index (χ1n) is 7.67. The molecule has 0 radical (unpaired) electrons. The largest absolute Gasteiger partial charge is 0.295 e. The van der Waals surface area contributed by atoms with Gasteiger partial charge in [-0.15, -0.1) is 0 Å². The van der Waals surface area contributed by atoms with E-state index in [1.54, 1.807) is 11.8 Å². The zero-order valence-corrected chi connectivity index (χ0v) is 14.7. The number of carbonyl (C=O) groups is 1. The Kier molecular flexibility index (Phi) is 4.08. The fourth-order valence-corrected chi connectivity index (χ4v) is 4.47. The van der Waals surface area contributed by atoms with Crippen LogP contribution in [-0.2, 0) is 0 Å². The summed E-state index contributed by atoms with van der Waals surface area (Å²) in [4.78, 5) is 18.1. The van der Waals surface area contributed by atoms with Crippen molar-refractivity contribution in [2.45, 2.75) is 21.6 Å². The standard InChI is InChI=1S/C20H15NOS2/c1-14-10-12-15(13-11-14)23-20(22)21-16-6-2-4-8-18(16)24-19-9-5-3-7-17(19)21/h2-13H,1H3. The number of benzene rings is 3. The highest BCUT2D eigenvalue weighted by molar-refractivity contribution is 8.14. The Morgan fingerprint density at radius 2 is 1.38 bits per heavy atom. The third-order valence-electron chi connectivity index (χ3n) is 3.84. The lowest BCUT2D eigenvalue weighted by Gasteiger charge is -2.30. The molecule has 0 bridgehead atoms. The molecule has 0 saturated heterocycles. The summed E-state index contributed by atoms with van der Waals surface area (Å²) in [6, 6.07) is 24.2. The van der Waals surface area contributed by atoms with Crippen LogP contribution in [-0.4, -0.2) is 5.24 Å². The van der Waals surface area contributed by atoms with E-state index in [1.165, 1.54) is 17.3 Å². The molecule has 0 unspecified atom stereocenters. The minimum atomic E-state index is 0.0130. The van der Waals surface area contributed by atoms with E-state index < -0.39 is 0 Å². The summed E-state index contributed by atoms with van der Waals surface area (Å²) in [5.74, 6) is 0. The maximum atomic E-state index is 13.1. The van der Waals surface area contributed by atoms with Crippen LogP contribution >= 0.6 is 23.5 Å². The second-order valence-electron chi connectivity index (χ2n) is 5.55. The highest BCUT2D eigenvalue weighted by atomic mass is 32.2. The van der Waals surface area contributed by atoms with Crippen LogP contribution in [0.15, 0.2) is 87.5 Å². The van der Waals surface area contributed by atoms with Gasteiger partial charge < -0.3 is 0 Å². The van der Waals surface area contributed by atoms with Gasteiger partial charge in [-0.3, -0.25) is 9.69 Å². The molecule has 1 heterocycles. The van der Waals surface area contributed by atoms with Gasteiger partial charge in [0.2, 0.25) is 0 Å². The fourth-order valence-electron chi connectivity index (χ4n) is 2.65. The summed E-state index contributed by atoms with van der Waals surface area (Å²) in [6.07, 6.45) is 0. The first-order chi connectivity index (χ1) is 11.7. The van der Waals surface area contributed by atoms with Gasteiger partial charge >= 0.3 is 0 Å². The highest BCUT2D eigenvalue weighted by Crippen LogP contribution is 2.49. The minimum absolute atomic E-state index is 0.0130. The van der Waals surface area contributed by atoms with E-state index in [-0.39, 0.29) is 5.24 Å². The molecule has 0 saturated carbocycles. The van der Waals surface area contributed by atoms with Crippen LogP contribution in [0.4, 0.5) is 16.2 Å². The molecule has 0 aliphatic carbocycles. The maximum Gasteiger partial charge on any atom is 0.295 e. The predicted molar refractivity (Wildman–Crippen MR) is 102 cm³/mol. The Hall–Kier alpha value is -2.17. The Balaban J connectivity index is 1.74. The lowest BCUT2D eigenvalue weighted by atomic mass is 10.2. The second-order valence-corrected chi connectivity index (χ2v) is 7.66. The third kappa shape index (κ3) is 2.83. The summed E-state index contributed by atoms with van der Waals surface area (Å²) in [5.41, 5.74) is 3.09. The summed E-state index contributed by atoms with van der Waals surface area (Å²) in [5, 5.41) is 0.0130. The molecule has 4 rings (SSSR count). The molecule has 1 aliphatic heterocycles. The first kappa shape index (κ1) is 15.4. The monoisotopic (exact) mass is 349 g/mol. The van der Waals surface area contributed by atoms with E-state index >= 15 is 0 Å². The summed E-state index contributed by atoms with van der Waals surface area (Å²) in [7, 11) is 0. The van der Waals surface area contributed by atoms with Gasteiger partial charge in [0.15, 0.2) is 0 Å². The van der Waals surface area contributed by atoms with Crippen molar-refractivity contribution in [2.75, 3.05) is 4.90 Å². The molecule has 0 fully saturated rings. The van der Waals surface area contributed by atoms with E-state index in [9.17, 15) is 4.79 Å². The van der Waals surface area contributed by atoms with Gasteiger partial charge in [0.05, 0.1) is 11.4 Å². The number of nitrogens with zero attached hydrogens (tertiary/aromatic N) is 1. The Morgan fingerprint density at radius 3 is 1.96 bits per heavy atom. The zero-order chi connectivity index (χ0) is 16.5. The van der Waals surface area contributed by atoms with Crippen molar-refractivity contribution in [3.63, 3.8) is 0 Å². The molecule has 24 heavy (non-hydrogen) atoms. The van der Waals surface area contributed by atoms with Gasteiger partial charge in [-0.25, -0.2) is 0 Å². The van der Waals surface area contributed by atoms with Crippen LogP contribution in [0.5, 0.6) is 0 Å². The van der Waals surface area contributed by atoms with Gasteiger partial charge in [-0.2, -0.15) is 0 Å². The van der Waals surface area contributed by atoms with Gasteiger partial charge in [0.1, 0.15) is 0 Å². The highest BCUT2D eigenvalue weighted by Gasteiger charge is 2.28. The SMILES string of the molecule is Cc1ccc(SC(=O)N2c3ccccc3Sc3ccccc32)cc1. The van der Waals surface area contributed by atoms with Crippen LogP contribution in [0, 0.1) is 6.92 Å². The molecule has 2 nitrogen and oxygen atoms in total. The van der Waals surface area contributed by atoms with Gasteiger partial charge in [0, 0.05) is 14.7 Å². The van der Waals surface area contributed by atoms with Crippen molar-refractivity contribution in [1.82, 2.24) is 0 Å². The number of hydrogen-bond donors (Lipinski definition) is 0. The smallest absolute Gasteiger partial charge is 0.269 e. The quantitative estimate of drug-likeness (QED) is 0.467. The molecular weight excluding hydrogens is 334 g/mol. The lowest BCUT2D eigenvalue weighted by Crippen LogP contribution is -2.24. The number of thioether (sulfide) groups is 1. The Bertz CT molecular complexity index is 860. The summed E-state index contributed by atoms with van der Waals surface area (Å²) < 4.78 is 0. The number of rotatable bonds is 1. The van der Waals surface area contributed by atoms with Crippen molar-refractivity contribution in [2.24, 2.45) is 0 Å². The van der Waals surface area contributed by atoms with Crippen molar-refractivity contribution in [3.8, 4) is 0 Å².